The third kappa shape index (κ3) is 2.97. The molecule has 0 atom stereocenters. The molecule has 16 heavy (non-hydrogen) atoms. The zero-order valence-electron chi connectivity index (χ0n) is 8.75. The lowest BCUT2D eigenvalue weighted by Gasteiger charge is -2.26. The lowest BCUT2D eigenvalue weighted by atomic mass is 10.2. The molecule has 1 aliphatic heterocycles. The van der Waals surface area contributed by atoms with Crippen LogP contribution in [0.3, 0.4) is 0 Å². The Morgan fingerprint density at radius 2 is 1.75 bits per heavy atom. The average Bonchev–Trinajstić information content (AvgIpc) is 2.27. The van der Waals surface area contributed by atoms with Crippen LogP contribution < -0.4 is 0 Å². The standard InChI is InChI=1S/C11H13Br2NO2/c12-9-5-8(6-10(13)11(9)15)7-14-1-3-16-4-2-14/h5-6,15H,1-4,7H2. The maximum absolute atomic E-state index is 9.61. The zero-order chi connectivity index (χ0) is 11.5. The molecule has 1 N–H and O–H groups in total. The van der Waals surface area contributed by atoms with Crippen LogP contribution in [-0.4, -0.2) is 36.3 Å². The second kappa shape index (κ2) is 5.49. The molecule has 0 spiro atoms. The highest BCUT2D eigenvalue weighted by Gasteiger charge is 2.12. The van der Waals surface area contributed by atoms with Crippen molar-refractivity contribution in [1.82, 2.24) is 4.90 Å². The molecule has 5 heteroatoms. The van der Waals surface area contributed by atoms with Gasteiger partial charge in [0, 0.05) is 19.6 Å². The molecule has 1 heterocycles. The summed E-state index contributed by atoms with van der Waals surface area (Å²) in [5.41, 5.74) is 1.18. The molecule has 0 aliphatic carbocycles. The van der Waals surface area contributed by atoms with Gasteiger partial charge in [0.05, 0.1) is 22.2 Å². The molecule has 1 aromatic carbocycles. The summed E-state index contributed by atoms with van der Waals surface area (Å²) in [4.78, 5) is 2.34. The first-order valence-corrected chi connectivity index (χ1v) is 6.72. The molecular formula is C11H13Br2NO2. The third-order valence-corrected chi connectivity index (χ3v) is 3.80. The molecular weight excluding hydrogens is 338 g/mol. The highest BCUT2D eigenvalue weighted by molar-refractivity contribution is 9.11. The number of ether oxygens (including phenoxy) is 1. The molecule has 0 unspecified atom stereocenters. The maximum atomic E-state index is 9.61. The van der Waals surface area contributed by atoms with E-state index in [4.69, 9.17) is 4.74 Å². The van der Waals surface area contributed by atoms with Gasteiger partial charge in [-0.3, -0.25) is 4.90 Å². The first-order chi connectivity index (χ1) is 7.66. The summed E-state index contributed by atoms with van der Waals surface area (Å²) in [6, 6.07) is 3.91. The minimum absolute atomic E-state index is 0.255. The van der Waals surface area contributed by atoms with E-state index in [2.05, 4.69) is 36.8 Å². The minimum atomic E-state index is 0.255. The Labute approximate surface area is 112 Å². The lowest BCUT2D eigenvalue weighted by molar-refractivity contribution is 0.0341. The van der Waals surface area contributed by atoms with Gasteiger partial charge in [-0.15, -0.1) is 0 Å². The second-order valence-electron chi connectivity index (χ2n) is 3.80. The summed E-state index contributed by atoms with van der Waals surface area (Å²) < 4.78 is 6.76. The van der Waals surface area contributed by atoms with E-state index in [1.165, 1.54) is 5.56 Å². The molecule has 1 fully saturated rings. The molecule has 0 amide bonds. The lowest BCUT2D eigenvalue weighted by Crippen LogP contribution is -2.35. The van der Waals surface area contributed by atoms with E-state index in [0.29, 0.717) is 0 Å². The Balaban J connectivity index is 2.09. The summed E-state index contributed by atoms with van der Waals surface area (Å²) in [5.74, 6) is 0.255. The van der Waals surface area contributed by atoms with Crippen LogP contribution in [0.5, 0.6) is 5.75 Å². The number of phenolic OH excluding ortho intramolecular Hbond substituents is 1. The van der Waals surface area contributed by atoms with Crippen LogP contribution in [0, 0.1) is 0 Å². The smallest absolute Gasteiger partial charge is 0.143 e. The van der Waals surface area contributed by atoms with Crippen LogP contribution in [0.25, 0.3) is 0 Å². The molecule has 3 nitrogen and oxygen atoms in total. The van der Waals surface area contributed by atoms with Gasteiger partial charge in [0.15, 0.2) is 0 Å². The number of hydrogen-bond acceptors (Lipinski definition) is 3. The Kier molecular flexibility index (Phi) is 4.24. The Morgan fingerprint density at radius 1 is 1.19 bits per heavy atom. The molecule has 88 valence electrons. The van der Waals surface area contributed by atoms with Gasteiger partial charge >= 0.3 is 0 Å². The van der Waals surface area contributed by atoms with E-state index in [1.807, 2.05) is 12.1 Å². The fourth-order valence-corrected chi connectivity index (χ4v) is 3.01. The van der Waals surface area contributed by atoms with Crippen LogP contribution >= 0.6 is 31.9 Å². The normalized spacial score (nSPS) is 17.6. The van der Waals surface area contributed by atoms with Crippen molar-refractivity contribution in [2.45, 2.75) is 6.54 Å². The summed E-state index contributed by atoms with van der Waals surface area (Å²) in [5, 5.41) is 9.61. The van der Waals surface area contributed by atoms with Crippen LogP contribution in [0.15, 0.2) is 21.1 Å². The predicted molar refractivity (Wildman–Crippen MR) is 69.6 cm³/mol. The predicted octanol–water partition coefficient (Wildman–Crippen LogP) is 2.75. The van der Waals surface area contributed by atoms with Crippen LogP contribution in [0.1, 0.15) is 5.56 Å². The summed E-state index contributed by atoms with van der Waals surface area (Å²) >= 11 is 6.68. The van der Waals surface area contributed by atoms with Crippen molar-refractivity contribution in [2.75, 3.05) is 26.3 Å². The number of benzene rings is 1. The van der Waals surface area contributed by atoms with Crippen molar-refractivity contribution in [3.05, 3.63) is 26.6 Å². The van der Waals surface area contributed by atoms with Gasteiger partial charge in [-0.2, -0.15) is 0 Å². The van der Waals surface area contributed by atoms with Gasteiger partial charge < -0.3 is 9.84 Å². The Morgan fingerprint density at radius 3 is 2.31 bits per heavy atom. The highest BCUT2D eigenvalue weighted by atomic mass is 79.9. The fraction of sp³-hybridized carbons (Fsp3) is 0.455. The third-order valence-electron chi connectivity index (χ3n) is 2.59. The monoisotopic (exact) mass is 349 g/mol. The van der Waals surface area contributed by atoms with Crippen molar-refractivity contribution in [3.8, 4) is 5.75 Å². The first kappa shape index (κ1) is 12.4. The largest absolute Gasteiger partial charge is 0.506 e. The molecule has 0 aromatic heterocycles. The SMILES string of the molecule is Oc1c(Br)cc(CN2CCOCC2)cc1Br. The van der Waals surface area contributed by atoms with Crippen molar-refractivity contribution in [3.63, 3.8) is 0 Å². The number of hydrogen-bond donors (Lipinski definition) is 1. The number of nitrogens with zero attached hydrogens (tertiary/aromatic N) is 1. The number of phenols is 1. The molecule has 1 aromatic rings. The molecule has 0 bridgehead atoms. The zero-order valence-corrected chi connectivity index (χ0v) is 11.9. The first-order valence-electron chi connectivity index (χ1n) is 5.14. The number of aromatic hydroxyl groups is 1. The summed E-state index contributed by atoms with van der Waals surface area (Å²) in [6.45, 7) is 4.44. The minimum Gasteiger partial charge on any atom is -0.506 e. The van der Waals surface area contributed by atoms with E-state index < -0.39 is 0 Å². The van der Waals surface area contributed by atoms with Gasteiger partial charge in [-0.25, -0.2) is 0 Å². The maximum Gasteiger partial charge on any atom is 0.143 e. The van der Waals surface area contributed by atoms with E-state index in [1.54, 1.807) is 0 Å². The molecule has 0 radical (unpaired) electrons. The van der Waals surface area contributed by atoms with E-state index in [9.17, 15) is 5.11 Å². The van der Waals surface area contributed by atoms with Gasteiger partial charge in [0.25, 0.3) is 0 Å². The van der Waals surface area contributed by atoms with E-state index in [0.717, 1.165) is 41.8 Å². The molecule has 1 saturated heterocycles. The molecule has 1 aliphatic rings. The fourth-order valence-electron chi connectivity index (χ4n) is 1.73. The molecule has 0 saturated carbocycles. The van der Waals surface area contributed by atoms with Gasteiger partial charge in [0.2, 0.25) is 0 Å². The van der Waals surface area contributed by atoms with Crippen LogP contribution in [0.2, 0.25) is 0 Å². The summed E-state index contributed by atoms with van der Waals surface area (Å²) in [6.07, 6.45) is 0. The van der Waals surface area contributed by atoms with Crippen molar-refractivity contribution < 1.29 is 9.84 Å². The van der Waals surface area contributed by atoms with Crippen molar-refractivity contribution >= 4 is 31.9 Å². The van der Waals surface area contributed by atoms with Gasteiger partial charge in [-0.05, 0) is 49.6 Å². The van der Waals surface area contributed by atoms with Crippen LogP contribution in [0.4, 0.5) is 0 Å². The van der Waals surface area contributed by atoms with Crippen molar-refractivity contribution in [1.29, 1.82) is 0 Å². The number of rotatable bonds is 2. The summed E-state index contributed by atoms with van der Waals surface area (Å²) in [7, 11) is 0. The van der Waals surface area contributed by atoms with Gasteiger partial charge in [-0.1, -0.05) is 0 Å². The number of halogens is 2. The Hall–Kier alpha value is -0.100. The highest BCUT2D eigenvalue weighted by Crippen LogP contribution is 2.33. The van der Waals surface area contributed by atoms with Crippen LogP contribution in [-0.2, 0) is 11.3 Å². The second-order valence-corrected chi connectivity index (χ2v) is 5.51. The molecule has 2 rings (SSSR count). The van der Waals surface area contributed by atoms with Crippen molar-refractivity contribution in [2.24, 2.45) is 0 Å². The Bertz CT molecular complexity index is 355. The van der Waals surface area contributed by atoms with E-state index in [-0.39, 0.29) is 5.75 Å². The number of morpholine rings is 1. The van der Waals surface area contributed by atoms with E-state index >= 15 is 0 Å². The van der Waals surface area contributed by atoms with Gasteiger partial charge in [0.1, 0.15) is 5.75 Å². The quantitative estimate of drug-likeness (QED) is 0.890. The average molecular weight is 351 g/mol. The topological polar surface area (TPSA) is 32.7 Å².